The van der Waals surface area contributed by atoms with Gasteiger partial charge in [0.25, 0.3) is 0 Å². The number of furan rings is 1. The minimum absolute atomic E-state index is 0. The summed E-state index contributed by atoms with van der Waals surface area (Å²) < 4.78 is 19.6. The number of benzene rings is 4. The van der Waals surface area contributed by atoms with Crippen molar-refractivity contribution in [2.24, 2.45) is 5.92 Å². The van der Waals surface area contributed by atoms with E-state index in [0.717, 1.165) is 62.0 Å². The van der Waals surface area contributed by atoms with E-state index in [1.54, 1.807) is 12.1 Å². The summed E-state index contributed by atoms with van der Waals surface area (Å²) in [6, 6.07) is 39.5. The SMILES string of the molecule is CC(C)Cc1ccnc(-c2[c-]ccc3c2oc2cc(-c4ccc(F)cc4)ccc23)c1.C[Si](C)(C)c1ccc(-c2[c-]cccc2)nc1.[Ir]. The van der Waals surface area contributed by atoms with Gasteiger partial charge in [0.1, 0.15) is 11.4 Å². The van der Waals surface area contributed by atoms with Gasteiger partial charge in [0.15, 0.2) is 0 Å². The summed E-state index contributed by atoms with van der Waals surface area (Å²) in [5.41, 5.74) is 8.60. The fraction of sp³-hybridized carbons (Fsp3) is 0.171. The van der Waals surface area contributed by atoms with Gasteiger partial charge in [-0.05, 0) is 64.3 Å². The largest absolute Gasteiger partial charge is 0.501 e. The fourth-order valence-electron chi connectivity index (χ4n) is 5.51. The standard InChI is InChI=1S/C27H21FNO.C14H16NSi.Ir/c1-17(2)14-18-12-13-29-25(15-18)24-5-3-4-23-22-11-8-20(16-26(22)30-27(23)24)19-6-9-21(28)10-7-19;1-16(2,3)13-9-10-14(15-11-13)12-7-5-4-6-8-12;/h3-4,6-13,15-17H,14H2,1-2H3;4-7,9-11H,1-3H3;/q2*-1;. The van der Waals surface area contributed by atoms with Crippen LogP contribution in [0.2, 0.25) is 19.6 Å². The first-order valence-electron chi connectivity index (χ1n) is 15.7. The molecule has 0 saturated carbocycles. The number of hydrogen-bond acceptors (Lipinski definition) is 3. The number of hydrogen-bond donors (Lipinski definition) is 0. The van der Waals surface area contributed by atoms with Gasteiger partial charge in [-0.3, -0.25) is 0 Å². The van der Waals surface area contributed by atoms with E-state index >= 15 is 0 Å². The van der Waals surface area contributed by atoms with Gasteiger partial charge >= 0.3 is 0 Å². The molecule has 0 unspecified atom stereocenters. The second kappa shape index (κ2) is 14.7. The zero-order valence-corrected chi connectivity index (χ0v) is 30.7. The molecule has 0 spiro atoms. The predicted molar refractivity (Wildman–Crippen MR) is 191 cm³/mol. The molecule has 3 nitrogen and oxygen atoms in total. The van der Waals surface area contributed by atoms with Crippen LogP contribution < -0.4 is 5.19 Å². The van der Waals surface area contributed by atoms with Crippen LogP contribution in [0.4, 0.5) is 4.39 Å². The quantitative estimate of drug-likeness (QED) is 0.124. The van der Waals surface area contributed by atoms with Crippen molar-refractivity contribution in [2.45, 2.75) is 39.9 Å². The Morgan fingerprint density at radius 2 is 1.55 bits per heavy atom. The number of fused-ring (bicyclic) bond motifs is 3. The molecule has 3 aromatic heterocycles. The van der Waals surface area contributed by atoms with Gasteiger partial charge in [0, 0.05) is 37.9 Å². The molecule has 4 aromatic carbocycles. The van der Waals surface area contributed by atoms with Crippen molar-refractivity contribution in [3.63, 3.8) is 0 Å². The second-order valence-corrected chi connectivity index (χ2v) is 18.1. The molecule has 7 aromatic rings. The Hall–Kier alpha value is -4.22. The number of aromatic nitrogens is 2. The van der Waals surface area contributed by atoms with E-state index in [1.807, 2.05) is 60.9 Å². The zero-order chi connectivity index (χ0) is 32.3. The van der Waals surface area contributed by atoms with E-state index in [1.165, 1.54) is 22.9 Å². The van der Waals surface area contributed by atoms with Crippen LogP contribution in [0.15, 0.2) is 120 Å². The molecule has 0 aliphatic rings. The van der Waals surface area contributed by atoms with Gasteiger partial charge in [-0.15, -0.1) is 54.1 Å². The van der Waals surface area contributed by atoms with Crippen LogP contribution in [-0.2, 0) is 26.5 Å². The third kappa shape index (κ3) is 8.02. The Balaban J connectivity index is 0.000000217. The third-order valence-electron chi connectivity index (χ3n) is 7.95. The Morgan fingerprint density at radius 3 is 2.23 bits per heavy atom. The van der Waals surface area contributed by atoms with Crippen molar-refractivity contribution in [1.29, 1.82) is 0 Å². The maximum absolute atomic E-state index is 13.3. The predicted octanol–water partition coefficient (Wildman–Crippen LogP) is 10.5. The molecular weight excluding hydrogens is 776 g/mol. The number of pyridine rings is 2. The Bertz CT molecular complexity index is 2080. The second-order valence-electron chi connectivity index (χ2n) is 13.0. The van der Waals surface area contributed by atoms with Crippen molar-refractivity contribution in [2.75, 3.05) is 0 Å². The summed E-state index contributed by atoms with van der Waals surface area (Å²) in [7, 11) is -1.23. The molecule has 0 atom stereocenters. The fourth-order valence-corrected chi connectivity index (χ4v) is 6.55. The first-order valence-corrected chi connectivity index (χ1v) is 19.2. The van der Waals surface area contributed by atoms with Crippen LogP contribution in [0.25, 0.3) is 55.6 Å². The molecule has 0 N–H and O–H groups in total. The van der Waals surface area contributed by atoms with Gasteiger partial charge in [-0.1, -0.05) is 92.5 Å². The molecule has 0 saturated heterocycles. The molecule has 0 aliphatic carbocycles. The zero-order valence-electron chi connectivity index (χ0n) is 27.3. The molecule has 0 amide bonds. The third-order valence-corrected chi connectivity index (χ3v) is 9.98. The molecule has 3 heterocycles. The van der Waals surface area contributed by atoms with Crippen molar-refractivity contribution in [3.8, 4) is 33.6 Å². The van der Waals surface area contributed by atoms with Crippen molar-refractivity contribution < 1.29 is 28.9 Å². The molecule has 6 heteroatoms. The summed E-state index contributed by atoms with van der Waals surface area (Å²) in [5.74, 6) is 0.340. The van der Waals surface area contributed by atoms with Crippen LogP contribution in [-0.4, -0.2) is 18.0 Å². The summed E-state index contributed by atoms with van der Waals surface area (Å²) >= 11 is 0. The number of halogens is 1. The van der Waals surface area contributed by atoms with Crippen LogP contribution in [0, 0.1) is 23.9 Å². The van der Waals surface area contributed by atoms with E-state index in [2.05, 4.69) is 85.9 Å². The minimum atomic E-state index is -1.23. The summed E-state index contributed by atoms with van der Waals surface area (Å²) in [5, 5.41) is 3.48. The van der Waals surface area contributed by atoms with E-state index in [0.29, 0.717) is 5.92 Å². The molecular formula is C41H37FIrN2OSi-2. The topological polar surface area (TPSA) is 38.9 Å². The molecule has 0 aliphatic heterocycles. The molecule has 0 bridgehead atoms. The van der Waals surface area contributed by atoms with Crippen molar-refractivity contribution in [3.05, 3.63) is 139 Å². The van der Waals surface area contributed by atoms with E-state index in [4.69, 9.17) is 4.42 Å². The molecule has 239 valence electrons. The number of rotatable bonds is 6. The van der Waals surface area contributed by atoms with Crippen molar-refractivity contribution in [1.82, 2.24) is 9.97 Å². The van der Waals surface area contributed by atoms with Gasteiger partial charge in [-0.2, -0.15) is 0 Å². The van der Waals surface area contributed by atoms with Crippen LogP contribution >= 0.6 is 0 Å². The van der Waals surface area contributed by atoms with E-state index in [9.17, 15) is 4.39 Å². The Kier molecular flexibility index (Phi) is 10.7. The van der Waals surface area contributed by atoms with E-state index in [-0.39, 0.29) is 25.9 Å². The maximum atomic E-state index is 13.3. The smallest absolute Gasteiger partial charge is 0.123 e. The maximum Gasteiger partial charge on any atom is 0.123 e. The first-order chi connectivity index (χ1) is 22.2. The summed E-state index contributed by atoms with van der Waals surface area (Å²) in [4.78, 5) is 9.10. The molecule has 7 rings (SSSR count). The average molecular weight is 813 g/mol. The first kappa shape index (κ1) is 34.1. The Labute approximate surface area is 291 Å². The van der Waals surface area contributed by atoms with Crippen LogP contribution in [0.5, 0.6) is 0 Å². The Morgan fingerprint density at radius 1 is 0.766 bits per heavy atom. The average Bonchev–Trinajstić information content (AvgIpc) is 3.43. The van der Waals surface area contributed by atoms with Crippen molar-refractivity contribution >= 4 is 35.2 Å². The molecule has 1 radical (unpaired) electrons. The molecule has 47 heavy (non-hydrogen) atoms. The van der Waals surface area contributed by atoms with Gasteiger partial charge in [0.2, 0.25) is 0 Å². The molecule has 0 fully saturated rings. The van der Waals surface area contributed by atoms with Gasteiger partial charge < -0.3 is 14.4 Å². The van der Waals surface area contributed by atoms with Gasteiger partial charge in [-0.25, -0.2) is 4.39 Å². The summed E-state index contributed by atoms with van der Waals surface area (Å²) in [6.45, 7) is 11.4. The normalized spacial score (nSPS) is 11.3. The van der Waals surface area contributed by atoms with Gasteiger partial charge in [0.05, 0.1) is 13.7 Å². The van der Waals surface area contributed by atoms with Crippen LogP contribution in [0.3, 0.4) is 0 Å². The number of nitrogens with zero attached hydrogens (tertiary/aromatic N) is 2. The minimum Gasteiger partial charge on any atom is -0.501 e. The van der Waals surface area contributed by atoms with Crippen LogP contribution in [0.1, 0.15) is 19.4 Å². The van der Waals surface area contributed by atoms with E-state index < -0.39 is 8.07 Å². The monoisotopic (exact) mass is 813 g/mol. The summed E-state index contributed by atoms with van der Waals surface area (Å²) in [6.07, 6.45) is 4.88.